The lowest BCUT2D eigenvalue weighted by molar-refractivity contribution is -0.154. The van der Waals surface area contributed by atoms with Gasteiger partial charge < -0.3 is 20.1 Å². The van der Waals surface area contributed by atoms with Crippen LogP contribution in [-0.2, 0) is 25.7 Å². The van der Waals surface area contributed by atoms with E-state index in [9.17, 15) is 36.7 Å². The molecule has 1 aliphatic rings. The summed E-state index contributed by atoms with van der Waals surface area (Å²) < 4.78 is 54.8. The second kappa shape index (κ2) is 8.88. The fraction of sp³-hybridized carbons (Fsp3) is 0.412. The predicted molar refractivity (Wildman–Crippen MR) is 87.1 cm³/mol. The number of hydrogen-bond donors (Lipinski definition) is 2. The highest BCUT2D eigenvalue weighted by molar-refractivity contribution is 6.19. The largest absolute Gasteiger partial charge is 0.481 e. The highest BCUT2D eigenvalue weighted by Crippen LogP contribution is 2.24. The number of carbonyl (C=O) groups is 4. The molecule has 0 aliphatic carbocycles. The summed E-state index contributed by atoms with van der Waals surface area (Å²) in [6, 6.07) is 3.11. The Kier molecular flexibility index (Phi) is 6.77. The SMILES string of the molecule is O=C(O)CNC(=O)C1C(=O)CCN(Cc2ccc(OCC(F)(F)F)c(F)c2)C1=O. The van der Waals surface area contributed by atoms with Crippen molar-refractivity contribution in [3.8, 4) is 5.75 Å². The smallest absolute Gasteiger partial charge is 0.422 e. The van der Waals surface area contributed by atoms with E-state index in [1.807, 2.05) is 5.32 Å². The summed E-state index contributed by atoms with van der Waals surface area (Å²) in [6.07, 6.45) is -4.79. The maximum atomic E-state index is 14.0. The fourth-order valence-corrected chi connectivity index (χ4v) is 2.64. The molecule has 1 unspecified atom stereocenters. The van der Waals surface area contributed by atoms with E-state index in [1.165, 1.54) is 6.07 Å². The van der Waals surface area contributed by atoms with Gasteiger partial charge in [-0.1, -0.05) is 6.07 Å². The maximum Gasteiger partial charge on any atom is 0.422 e. The number of hydrogen-bond acceptors (Lipinski definition) is 5. The molecule has 8 nitrogen and oxygen atoms in total. The van der Waals surface area contributed by atoms with Crippen molar-refractivity contribution >= 4 is 23.6 Å². The zero-order valence-corrected chi connectivity index (χ0v) is 14.8. The minimum absolute atomic E-state index is 0.0473. The molecule has 0 saturated carbocycles. The molecule has 2 N–H and O–H groups in total. The molecule has 12 heteroatoms. The van der Waals surface area contributed by atoms with E-state index < -0.39 is 60.4 Å². The first-order valence-corrected chi connectivity index (χ1v) is 8.27. The molecular weight excluding hydrogens is 404 g/mol. The standard InChI is InChI=1S/C17H16F4N2O6/c18-10-5-9(1-2-12(10)29-8-17(19,20)21)7-23-4-3-11(24)14(16(23)28)15(27)22-6-13(25)26/h1-2,5,14H,3-4,6-8H2,(H,22,27)(H,25,26). The number of nitrogens with one attached hydrogen (secondary N) is 1. The van der Waals surface area contributed by atoms with Crippen LogP contribution in [0.25, 0.3) is 0 Å². The molecule has 0 bridgehead atoms. The van der Waals surface area contributed by atoms with Crippen LogP contribution in [-0.4, -0.2) is 59.4 Å². The summed E-state index contributed by atoms with van der Waals surface area (Å²) in [7, 11) is 0. The van der Waals surface area contributed by atoms with Gasteiger partial charge in [0.15, 0.2) is 29.9 Å². The van der Waals surface area contributed by atoms with Gasteiger partial charge in [-0.15, -0.1) is 0 Å². The lowest BCUT2D eigenvalue weighted by Gasteiger charge is -2.30. The molecule has 2 amide bonds. The number of aliphatic carboxylic acids is 1. The van der Waals surface area contributed by atoms with Crippen molar-refractivity contribution in [1.29, 1.82) is 0 Å². The molecule has 0 radical (unpaired) electrons. The average molecular weight is 420 g/mol. The van der Waals surface area contributed by atoms with Gasteiger partial charge in [-0.05, 0) is 17.7 Å². The van der Waals surface area contributed by atoms with Crippen molar-refractivity contribution in [3.63, 3.8) is 0 Å². The first-order valence-electron chi connectivity index (χ1n) is 8.27. The zero-order chi connectivity index (χ0) is 21.8. The molecule has 0 aromatic heterocycles. The number of halogens is 4. The lowest BCUT2D eigenvalue weighted by atomic mass is 9.94. The minimum Gasteiger partial charge on any atom is -0.481 e. The van der Waals surface area contributed by atoms with Crippen molar-refractivity contribution in [2.75, 3.05) is 19.7 Å². The highest BCUT2D eigenvalue weighted by atomic mass is 19.4. The summed E-state index contributed by atoms with van der Waals surface area (Å²) in [5.41, 5.74) is 0.203. The Labute approximate surface area is 161 Å². The van der Waals surface area contributed by atoms with Gasteiger partial charge in [-0.25, -0.2) is 4.39 Å². The molecule has 1 heterocycles. The van der Waals surface area contributed by atoms with Crippen LogP contribution in [0.15, 0.2) is 18.2 Å². The van der Waals surface area contributed by atoms with Crippen molar-refractivity contribution in [2.45, 2.75) is 19.1 Å². The van der Waals surface area contributed by atoms with E-state index in [4.69, 9.17) is 5.11 Å². The molecule has 1 saturated heterocycles. The van der Waals surface area contributed by atoms with Crippen molar-refractivity contribution in [1.82, 2.24) is 10.2 Å². The van der Waals surface area contributed by atoms with Crippen molar-refractivity contribution in [2.24, 2.45) is 5.92 Å². The quantitative estimate of drug-likeness (QED) is 0.500. The molecule has 1 atom stereocenters. The van der Waals surface area contributed by atoms with Gasteiger partial charge in [0.25, 0.3) is 0 Å². The van der Waals surface area contributed by atoms with Crippen molar-refractivity contribution in [3.05, 3.63) is 29.6 Å². The van der Waals surface area contributed by atoms with Gasteiger partial charge in [-0.3, -0.25) is 19.2 Å². The Balaban J connectivity index is 2.06. The first kappa shape index (κ1) is 22.1. The molecule has 1 aromatic rings. The van der Waals surface area contributed by atoms with Gasteiger partial charge >= 0.3 is 12.1 Å². The number of carbonyl (C=O) groups excluding carboxylic acids is 3. The molecule has 1 fully saturated rings. The second-order valence-corrected chi connectivity index (χ2v) is 6.19. The monoisotopic (exact) mass is 420 g/mol. The summed E-state index contributed by atoms with van der Waals surface area (Å²) in [4.78, 5) is 47.9. The Bertz CT molecular complexity index is 827. The number of benzene rings is 1. The van der Waals surface area contributed by atoms with E-state index in [0.717, 1.165) is 17.0 Å². The number of amides is 2. The Morgan fingerprint density at radius 3 is 2.55 bits per heavy atom. The molecule has 1 aromatic carbocycles. The third-order valence-corrected chi connectivity index (χ3v) is 3.95. The fourth-order valence-electron chi connectivity index (χ4n) is 2.64. The van der Waals surface area contributed by atoms with Crippen LogP contribution in [0.1, 0.15) is 12.0 Å². The van der Waals surface area contributed by atoms with E-state index in [-0.39, 0.29) is 25.1 Å². The van der Waals surface area contributed by atoms with Crippen LogP contribution in [0, 0.1) is 11.7 Å². The van der Waals surface area contributed by atoms with E-state index in [2.05, 4.69) is 4.74 Å². The number of rotatable bonds is 7. The average Bonchev–Trinajstić information content (AvgIpc) is 2.61. The van der Waals surface area contributed by atoms with Gasteiger partial charge in [0.05, 0.1) is 0 Å². The maximum absolute atomic E-state index is 14.0. The minimum atomic E-state index is -4.63. The molecule has 2 rings (SSSR count). The van der Waals surface area contributed by atoms with Crippen molar-refractivity contribution < 1.29 is 46.6 Å². The number of piperidine rings is 1. The van der Waals surface area contributed by atoms with Gasteiger partial charge in [0, 0.05) is 19.5 Å². The molecule has 1 aliphatic heterocycles. The zero-order valence-electron chi connectivity index (χ0n) is 14.8. The van der Waals surface area contributed by atoms with E-state index in [0.29, 0.717) is 0 Å². The number of carboxylic acids is 1. The van der Waals surface area contributed by atoms with Crippen LogP contribution >= 0.6 is 0 Å². The normalized spacial score (nSPS) is 17.2. The predicted octanol–water partition coefficient (Wildman–Crippen LogP) is 0.885. The number of ether oxygens (including phenoxy) is 1. The third kappa shape index (κ3) is 6.16. The molecule has 158 valence electrons. The van der Waals surface area contributed by atoms with E-state index in [1.54, 1.807) is 0 Å². The molecule has 0 spiro atoms. The molecular formula is C17H16F4N2O6. The van der Waals surface area contributed by atoms with Gasteiger partial charge in [-0.2, -0.15) is 13.2 Å². The lowest BCUT2D eigenvalue weighted by Crippen LogP contribution is -2.52. The molecule has 29 heavy (non-hydrogen) atoms. The summed E-state index contributed by atoms with van der Waals surface area (Å²) in [5, 5.41) is 10.5. The van der Waals surface area contributed by atoms with Crippen LogP contribution in [0.4, 0.5) is 17.6 Å². The van der Waals surface area contributed by atoms with Gasteiger partial charge in [0.2, 0.25) is 11.8 Å². The Hall–Kier alpha value is -3.18. The summed E-state index contributed by atoms with van der Waals surface area (Å²) >= 11 is 0. The van der Waals surface area contributed by atoms with Crippen LogP contribution in [0.2, 0.25) is 0 Å². The number of ketones is 1. The highest BCUT2D eigenvalue weighted by Gasteiger charge is 2.40. The summed E-state index contributed by atoms with van der Waals surface area (Å²) in [5.74, 6) is -7.33. The second-order valence-electron chi connectivity index (χ2n) is 6.19. The van der Waals surface area contributed by atoms with Crippen LogP contribution in [0.3, 0.4) is 0 Å². The topological polar surface area (TPSA) is 113 Å². The summed E-state index contributed by atoms with van der Waals surface area (Å²) in [6.45, 7) is -2.68. The Morgan fingerprint density at radius 1 is 1.28 bits per heavy atom. The van der Waals surface area contributed by atoms with Crippen LogP contribution < -0.4 is 10.1 Å². The van der Waals surface area contributed by atoms with Gasteiger partial charge in [0.1, 0.15) is 6.54 Å². The number of carboxylic acid groups (broad SMARTS) is 1. The number of Topliss-reactive ketones (excluding diaryl/α,β-unsaturated/α-hetero) is 1. The third-order valence-electron chi connectivity index (χ3n) is 3.95. The number of nitrogens with zero attached hydrogens (tertiary/aromatic N) is 1. The first-order chi connectivity index (χ1) is 13.5. The number of alkyl halides is 3. The van der Waals surface area contributed by atoms with E-state index >= 15 is 0 Å². The number of likely N-dealkylation sites (tertiary alicyclic amines) is 1. The van der Waals surface area contributed by atoms with Crippen LogP contribution in [0.5, 0.6) is 5.75 Å². The Morgan fingerprint density at radius 2 is 1.97 bits per heavy atom.